The van der Waals surface area contributed by atoms with E-state index in [2.05, 4.69) is 33.4 Å². The van der Waals surface area contributed by atoms with Gasteiger partial charge in [0.15, 0.2) is 0 Å². The predicted molar refractivity (Wildman–Crippen MR) is 130 cm³/mol. The lowest BCUT2D eigenvalue weighted by atomic mass is 10.1. The van der Waals surface area contributed by atoms with Crippen LogP contribution >= 0.6 is 0 Å². The molecule has 5 N–H and O–H groups in total. The molecule has 0 atom stereocenters. The van der Waals surface area contributed by atoms with Crippen molar-refractivity contribution in [2.75, 3.05) is 32.8 Å². The summed E-state index contributed by atoms with van der Waals surface area (Å²) in [5.41, 5.74) is 4.85. The van der Waals surface area contributed by atoms with E-state index in [0.29, 0.717) is 12.8 Å². The maximum absolute atomic E-state index is 12.4. The first kappa shape index (κ1) is 32.5. The zero-order valence-electron chi connectivity index (χ0n) is 21.7. The van der Waals surface area contributed by atoms with Crippen molar-refractivity contribution in [3.05, 3.63) is 12.2 Å². The molecule has 0 rings (SSSR count). The van der Waals surface area contributed by atoms with Crippen molar-refractivity contribution in [2.24, 2.45) is 11.8 Å². The lowest BCUT2D eigenvalue weighted by Gasteiger charge is -2.18. The highest BCUT2D eigenvalue weighted by Crippen LogP contribution is 2.03. The second-order valence-electron chi connectivity index (χ2n) is 8.84. The molecule has 0 bridgehead atoms. The van der Waals surface area contributed by atoms with Gasteiger partial charge in [0.2, 0.25) is 23.8 Å². The number of hydrazine groups is 1. The highest BCUT2D eigenvalue weighted by atomic mass is 16.6. The van der Waals surface area contributed by atoms with E-state index in [0.717, 1.165) is 0 Å². The zero-order chi connectivity index (χ0) is 27.7. The Hall–Kier alpha value is -3.48. The van der Waals surface area contributed by atoms with E-state index in [9.17, 15) is 28.8 Å². The molecule has 13 heteroatoms. The number of esters is 2. The number of hydrogen-bond donors (Lipinski definition) is 5. The third-order valence-electron chi connectivity index (χ3n) is 4.39. The second-order valence-corrected chi connectivity index (χ2v) is 8.84. The van der Waals surface area contributed by atoms with Gasteiger partial charge >= 0.3 is 11.9 Å². The van der Waals surface area contributed by atoms with Gasteiger partial charge in [0.05, 0.1) is 32.8 Å². The van der Waals surface area contributed by atoms with Crippen LogP contribution in [-0.4, -0.2) is 74.5 Å². The van der Waals surface area contributed by atoms with Crippen LogP contribution in [0.1, 0.15) is 47.5 Å². The first-order chi connectivity index (χ1) is 16.8. The smallest absolute Gasteiger partial charge is 0.340 e. The Kier molecular flexibility index (Phi) is 16.2. The number of rotatable bonds is 17. The monoisotopic (exact) mass is 513 g/mol. The van der Waals surface area contributed by atoms with E-state index in [4.69, 9.17) is 9.47 Å². The van der Waals surface area contributed by atoms with E-state index in [-0.39, 0.29) is 37.2 Å². The number of nitrogens with one attached hydrogen (secondary N) is 5. The molecule has 0 saturated heterocycles. The Labute approximate surface area is 211 Å². The van der Waals surface area contributed by atoms with Crippen molar-refractivity contribution >= 4 is 35.6 Å². The van der Waals surface area contributed by atoms with Gasteiger partial charge in [-0.25, -0.2) is 15.0 Å². The molecule has 0 unspecified atom stereocenters. The number of carbonyl (C=O) groups excluding carboxylic acids is 6. The molecular weight excluding hydrogens is 474 g/mol. The third kappa shape index (κ3) is 16.2. The molecule has 0 aromatic carbocycles. The van der Waals surface area contributed by atoms with Gasteiger partial charge in [-0.05, 0) is 31.6 Å². The maximum atomic E-state index is 12.4. The Morgan fingerprint density at radius 3 is 1.61 bits per heavy atom. The fourth-order valence-electron chi connectivity index (χ4n) is 2.18. The second kappa shape index (κ2) is 17.9. The van der Waals surface area contributed by atoms with Gasteiger partial charge in [0.25, 0.3) is 5.91 Å². The Morgan fingerprint density at radius 2 is 1.17 bits per heavy atom. The first-order valence-corrected chi connectivity index (χ1v) is 11.7. The highest BCUT2D eigenvalue weighted by molar-refractivity contribution is 6.03. The van der Waals surface area contributed by atoms with Gasteiger partial charge in [0, 0.05) is 5.57 Å². The molecule has 204 valence electrons. The van der Waals surface area contributed by atoms with Crippen LogP contribution in [0, 0.1) is 11.8 Å². The molecule has 0 spiro atoms. The Morgan fingerprint density at radius 1 is 0.722 bits per heavy atom. The van der Waals surface area contributed by atoms with Crippen molar-refractivity contribution in [2.45, 2.75) is 53.5 Å². The van der Waals surface area contributed by atoms with Crippen LogP contribution in [0.5, 0.6) is 0 Å². The molecule has 0 heterocycles. The van der Waals surface area contributed by atoms with E-state index >= 15 is 0 Å². The van der Waals surface area contributed by atoms with Gasteiger partial charge in [-0.1, -0.05) is 34.3 Å². The molecule has 0 aliphatic carbocycles. The molecule has 0 aromatic rings. The molecule has 0 fully saturated rings. The first-order valence-electron chi connectivity index (χ1n) is 11.7. The predicted octanol–water partition coefficient (Wildman–Crippen LogP) is -0.921. The van der Waals surface area contributed by atoms with Crippen molar-refractivity contribution in [3.63, 3.8) is 0 Å². The van der Waals surface area contributed by atoms with Crippen molar-refractivity contribution in [1.29, 1.82) is 0 Å². The summed E-state index contributed by atoms with van der Waals surface area (Å²) < 4.78 is 10.2. The molecule has 0 radical (unpaired) electrons. The van der Waals surface area contributed by atoms with Gasteiger partial charge in [-0.2, -0.15) is 0 Å². The van der Waals surface area contributed by atoms with Crippen LogP contribution in [0.4, 0.5) is 0 Å². The summed E-state index contributed by atoms with van der Waals surface area (Å²) in [4.78, 5) is 71.9. The standard InChI is InChI=1S/C23H39N5O8/c1-14(2)7-9-35-22(33)20(23(34)36-10-8-15(3)4)27-19(31)12-25-17(29)11-24-18(30)13-26-28-21(32)16(5)6/h14-15,20,26H,5,7-13H2,1-4,6H3,(H,24,30)(H,25,29)(H,27,31)(H,28,32). The van der Waals surface area contributed by atoms with Crippen molar-refractivity contribution < 1.29 is 38.2 Å². The summed E-state index contributed by atoms with van der Waals surface area (Å²) in [6.45, 7) is 11.5. The van der Waals surface area contributed by atoms with Gasteiger partial charge in [-0.15, -0.1) is 0 Å². The highest BCUT2D eigenvalue weighted by Gasteiger charge is 2.31. The lowest BCUT2D eigenvalue weighted by Crippen LogP contribution is -2.52. The summed E-state index contributed by atoms with van der Waals surface area (Å²) in [6, 6.07) is -1.67. The van der Waals surface area contributed by atoms with E-state index in [1.807, 2.05) is 27.7 Å². The van der Waals surface area contributed by atoms with Crippen LogP contribution in [0.2, 0.25) is 0 Å². The summed E-state index contributed by atoms with van der Waals surface area (Å²) in [5, 5.41) is 6.75. The maximum Gasteiger partial charge on any atom is 0.340 e. The molecule has 36 heavy (non-hydrogen) atoms. The summed E-state index contributed by atoms with van der Waals surface area (Å²) in [7, 11) is 0. The summed E-state index contributed by atoms with van der Waals surface area (Å²) in [6.07, 6.45) is 1.15. The largest absolute Gasteiger partial charge is 0.464 e. The Bertz CT molecular complexity index is 771. The van der Waals surface area contributed by atoms with Gasteiger partial charge < -0.3 is 25.4 Å². The zero-order valence-corrected chi connectivity index (χ0v) is 21.7. The minimum Gasteiger partial charge on any atom is -0.464 e. The van der Waals surface area contributed by atoms with Crippen LogP contribution in [0.15, 0.2) is 12.2 Å². The fraction of sp³-hybridized carbons (Fsp3) is 0.652. The van der Waals surface area contributed by atoms with Gasteiger partial charge in [0.1, 0.15) is 0 Å². The van der Waals surface area contributed by atoms with Crippen LogP contribution in [0.3, 0.4) is 0 Å². The van der Waals surface area contributed by atoms with E-state index in [1.54, 1.807) is 0 Å². The quantitative estimate of drug-likeness (QED) is 0.0711. The number of amides is 4. The van der Waals surface area contributed by atoms with Crippen LogP contribution < -0.4 is 26.8 Å². The molecule has 13 nitrogen and oxygen atoms in total. The normalized spacial score (nSPS) is 10.6. The van der Waals surface area contributed by atoms with Crippen LogP contribution in [-0.2, 0) is 38.2 Å². The summed E-state index contributed by atoms with van der Waals surface area (Å²) >= 11 is 0. The molecule has 0 aliphatic rings. The number of hydrogen-bond acceptors (Lipinski definition) is 9. The fourth-order valence-corrected chi connectivity index (χ4v) is 2.18. The average molecular weight is 514 g/mol. The minimum absolute atomic E-state index is 0.0737. The molecular formula is C23H39N5O8. The molecule has 0 aliphatic heterocycles. The number of carbonyl (C=O) groups is 6. The molecule has 4 amide bonds. The molecule has 0 aromatic heterocycles. The van der Waals surface area contributed by atoms with E-state index in [1.165, 1.54) is 6.92 Å². The molecule has 0 saturated carbocycles. The van der Waals surface area contributed by atoms with E-state index < -0.39 is 54.7 Å². The summed E-state index contributed by atoms with van der Waals surface area (Å²) in [5.74, 6) is -3.98. The third-order valence-corrected chi connectivity index (χ3v) is 4.39. The topological polar surface area (TPSA) is 181 Å². The lowest BCUT2D eigenvalue weighted by molar-refractivity contribution is -0.160. The Balaban J connectivity index is 4.62. The average Bonchev–Trinajstić information content (AvgIpc) is 2.78. The SMILES string of the molecule is C=C(C)C(=O)NNCC(=O)NCC(=O)NCC(=O)NC(C(=O)OCCC(C)C)C(=O)OCCC(C)C. The number of ether oxygens (including phenoxy) is 2. The van der Waals surface area contributed by atoms with Gasteiger partial charge in [-0.3, -0.25) is 24.6 Å². The van der Waals surface area contributed by atoms with Crippen molar-refractivity contribution in [1.82, 2.24) is 26.8 Å². The van der Waals surface area contributed by atoms with Crippen molar-refractivity contribution in [3.8, 4) is 0 Å². The van der Waals surface area contributed by atoms with Crippen LogP contribution in [0.25, 0.3) is 0 Å². The minimum atomic E-state index is -1.67.